The van der Waals surface area contributed by atoms with Gasteiger partial charge in [0.15, 0.2) is 0 Å². The highest BCUT2D eigenvalue weighted by Crippen LogP contribution is 2.35. The highest BCUT2D eigenvalue weighted by Gasteiger charge is 2.24. The first-order chi connectivity index (χ1) is 8.74. The van der Waals surface area contributed by atoms with Crippen molar-refractivity contribution in [1.82, 2.24) is 0 Å². The summed E-state index contributed by atoms with van der Waals surface area (Å²) in [5.41, 5.74) is 0.872. The Bertz CT molecular complexity index is 548. The molecule has 1 unspecified atom stereocenters. The van der Waals surface area contributed by atoms with E-state index in [0.717, 1.165) is 33.5 Å². The molecule has 1 aliphatic rings. The van der Waals surface area contributed by atoms with Crippen LogP contribution in [0.5, 0.6) is 5.75 Å². The minimum Gasteiger partial charge on any atom is -0.490 e. The van der Waals surface area contributed by atoms with Crippen molar-refractivity contribution in [2.24, 2.45) is 0 Å². The fourth-order valence-electron chi connectivity index (χ4n) is 1.79. The van der Waals surface area contributed by atoms with Crippen molar-refractivity contribution in [2.45, 2.75) is 25.0 Å². The van der Waals surface area contributed by atoms with Crippen molar-refractivity contribution in [3.8, 4) is 5.75 Å². The molecule has 0 radical (unpaired) electrons. The van der Waals surface area contributed by atoms with Crippen LogP contribution in [0.25, 0.3) is 0 Å². The molecule has 0 amide bonds. The molecular formula is C14H13BrO2S. The number of ether oxygens (including phenoxy) is 1. The number of aliphatic hydroxyl groups excluding tert-OH is 1. The highest BCUT2D eigenvalue weighted by atomic mass is 79.9. The van der Waals surface area contributed by atoms with Crippen molar-refractivity contribution in [3.05, 3.63) is 50.6 Å². The molecule has 1 N–H and O–H groups in total. The Morgan fingerprint density at radius 1 is 1.33 bits per heavy atom. The number of aliphatic hydroxyl groups is 1. The van der Waals surface area contributed by atoms with E-state index in [1.807, 2.05) is 35.7 Å². The van der Waals surface area contributed by atoms with Gasteiger partial charge in [0.1, 0.15) is 11.9 Å². The summed E-state index contributed by atoms with van der Waals surface area (Å²) in [4.78, 5) is 0.929. The molecule has 4 heteroatoms. The second-order valence-corrected chi connectivity index (χ2v) is 6.23. The summed E-state index contributed by atoms with van der Waals surface area (Å²) < 4.78 is 6.70. The van der Waals surface area contributed by atoms with Crippen LogP contribution >= 0.6 is 27.3 Å². The second-order valence-electron chi connectivity index (χ2n) is 4.43. The predicted molar refractivity (Wildman–Crippen MR) is 76.2 cm³/mol. The first-order valence-electron chi connectivity index (χ1n) is 5.91. The zero-order valence-electron chi connectivity index (χ0n) is 9.67. The van der Waals surface area contributed by atoms with Gasteiger partial charge in [-0.05, 0) is 57.9 Å². The molecule has 18 heavy (non-hydrogen) atoms. The van der Waals surface area contributed by atoms with Crippen LogP contribution in [-0.2, 0) is 0 Å². The normalized spacial score (nSPS) is 16.6. The lowest BCUT2D eigenvalue weighted by atomic mass is 10.1. The lowest BCUT2D eigenvalue weighted by Gasteiger charge is -2.12. The maximum atomic E-state index is 10.4. The Morgan fingerprint density at radius 2 is 2.17 bits per heavy atom. The molecule has 1 fully saturated rings. The Labute approximate surface area is 118 Å². The van der Waals surface area contributed by atoms with E-state index in [4.69, 9.17) is 4.74 Å². The third-order valence-electron chi connectivity index (χ3n) is 2.89. The Kier molecular flexibility index (Phi) is 3.41. The maximum absolute atomic E-state index is 10.4. The molecule has 94 valence electrons. The number of hydrogen-bond donors (Lipinski definition) is 1. The first kappa shape index (κ1) is 12.2. The molecule has 0 saturated heterocycles. The summed E-state index contributed by atoms with van der Waals surface area (Å²) in [6.07, 6.45) is 2.07. The molecule has 1 atom stereocenters. The van der Waals surface area contributed by atoms with Crippen LogP contribution < -0.4 is 4.74 Å². The van der Waals surface area contributed by atoms with Gasteiger partial charge in [-0.1, -0.05) is 12.1 Å². The van der Waals surface area contributed by atoms with Gasteiger partial charge in [0.05, 0.1) is 11.0 Å². The van der Waals surface area contributed by atoms with E-state index in [9.17, 15) is 5.11 Å². The van der Waals surface area contributed by atoms with Crippen molar-refractivity contribution >= 4 is 27.3 Å². The average Bonchev–Trinajstić information content (AvgIpc) is 3.08. The number of rotatable bonds is 4. The van der Waals surface area contributed by atoms with Crippen LogP contribution in [0.3, 0.4) is 0 Å². The van der Waals surface area contributed by atoms with E-state index in [0.29, 0.717) is 6.10 Å². The van der Waals surface area contributed by atoms with Crippen molar-refractivity contribution in [1.29, 1.82) is 0 Å². The summed E-state index contributed by atoms with van der Waals surface area (Å²) in [7, 11) is 0. The third kappa shape index (κ3) is 2.60. The van der Waals surface area contributed by atoms with Gasteiger partial charge in [-0.15, -0.1) is 11.3 Å². The number of benzene rings is 1. The molecule has 2 aromatic rings. The predicted octanol–water partition coefficient (Wildman–Crippen LogP) is 4.13. The van der Waals surface area contributed by atoms with Gasteiger partial charge in [0, 0.05) is 4.47 Å². The Hall–Kier alpha value is -0.840. The SMILES string of the molecule is OC(c1cccc(OC2CC2)c1)c1sccc1Br. The van der Waals surface area contributed by atoms with E-state index < -0.39 is 6.10 Å². The molecule has 0 bridgehead atoms. The van der Waals surface area contributed by atoms with Gasteiger partial charge in [-0.3, -0.25) is 0 Å². The molecule has 0 aliphatic heterocycles. The van der Waals surface area contributed by atoms with Crippen LogP contribution in [0.4, 0.5) is 0 Å². The van der Waals surface area contributed by atoms with Gasteiger partial charge < -0.3 is 9.84 Å². The summed E-state index contributed by atoms with van der Waals surface area (Å²) in [5, 5.41) is 12.3. The van der Waals surface area contributed by atoms with Crippen LogP contribution in [0.1, 0.15) is 29.4 Å². The van der Waals surface area contributed by atoms with Crippen LogP contribution in [-0.4, -0.2) is 11.2 Å². The minimum absolute atomic E-state index is 0.380. The number of halogens is 1. The zero-order valence-corrected chi connectivity index (χ0v) is 12.1. The molecule has 1 aromatic carbocycles. The van der Waals surface area contributed by atoms with Gasteiger partial charge in [-0.2, -0.15) is 0 Å². The van der Waals surface area contributed by atoms with Crippen LogP contribution in [0.2, 0.25) is 0 Å². The van der Waals surface area contributed by atoms with Gasteiger partial charge in [0.2, 0.25) is 0 Å². The summed E-state index contributed by atoms with van der Waals surface area (Å²) >= 11 is 5.00. The smallest absolute Gasteiger partial charge is 0.120 e. The fourth-order valence-corrected chi connectivity index (χ4v) is 3.39. The van der Waals surface area contributed by atoms with Crippen molar-refractivity contribution < 1.29 is 9.84 Å². The highest BCUT2D eigenvalue weighted by molar-refractivity contribution is 9.10. The van der Waals surface area contributed by atoms with Crippen molar-refractivity contribution in [2.75, 3.05) is 0 Å². The summed E-state index contributed by atoms with van der Waals surface area (Å²) in [5.74, 6) is 0.849. The topological polar surface area (TPSA) is 29.5 Å². The molecule has 1 aromatic heterocycles. The third-order valence-corrected chi connectivity index (χ3v) is 4.82. The molecule has 1 aliphatic carbocycles. The Morgan fingerprint density at radius 3 is 2.83 bits per heavy atom. The minimum atomic E-state index is -0.595. The van der Waals surface area contributed by atoms with Crippen molar-refractivity contribution in [3.63, 3.8) is 0 Å². The van der Waals surface area contributed by atoms with Gasteiger partial charge >= 0.3 is 0 Å². The van der Waals surface area contributed by atoms with E-state index in [1.54, 1.807) is 11.3 Å². The molecule has 2 nitrogen and oxygen atoms in total. The summed E-state index contributed by atoms with van der Waals surface area (Å²) in [6.45, 7) is 0. The van der Waals surface area contributed by atoms with Crippen LogP contribution in [0, 0.1) is 0 Å². The monoisotopic (exact) mass is 324 g/mol. The van der Waals surface area contributed by atoms with Gasteiger partial charge in [-0.25, -0.2) is 0 Å². The zero-order chi connectivity index (χ0) is 12.5. The standard InChI is InChI=1S/C14H13BrO2S/c15-12-6-7-18-14(12)13(16)9-2-1-3-11(8-9)17-10-4-5-10/h1-3,6-8,10,13,16H,4-5H2. The van der Waals surface area contributed by atoms with Gasteiger partial charge in [0.25, 0.3) is 0 Å². The lowest BCUT2D eigenvalue weighted by Crippen LogP contribution is -2.00. The van der Waals surface area contributed by atoms with E-state index in [-0.39, 0.29) is 0 Å². The van der Waals surface area contributed by atoms with E-state index in [1.165, 1.54) is 0 Å². The molecule has 1 heterocycles. The molecular weight excluding hydrogens is 312 g/mol. The Balaban J connectivity index is 1.84. The van der Waals surface area contributed by atoms with E-state index >= 15 is 0 Å². The number of thiophene rings is 1. The quantitative estimate of drug-likeness (QED) is 0.916. The second kappa shape index (κ2) is 5.03. The summed E-state index contributed by atoms with van der Waals surface area (Å²) in [6, 6.07) is 9.68. The molecule has 0 spiro atoms. The largest absolute Gasteiger partial charge is 0.490 e. The molecule has 1 saturated carbocycles. The maximum Gasteiger partial charge on any atom is 0.120 e. The average molecular weight is 325 g/mol. The molecule has 3 rings (SSSR count). The van der Waals surface area contributed by atoms with E-state index in [2.05, 4.69) is 15.9 Å². The first-order valence-corrected chi connectivity index (χ1v) is 7.59. The number of hydrogen-bond acceptors (Lipinski definition) is 3. The van der Waals surface area contributed by atoms with Crippen LogP contribution in [0.15, 0.2) is 40.2 Å². The lowest BCUT2D eigenvalue weighted by molar-refractivity contribution is 0.222. The fraction of sp³-hybridized carbons (Fsp3) is 0.286.